The highest BCUT2D eigenvalue weighted by molar-refractivity contribution is 5.33. The molecule has 2 heterocycles. The van der Waals surface area contributed by atoms with Gasteiger partial charge in [-0.05, 0) is 52.0 Å². The molecule has 100 valence electrons. The summed E-state index contributed by atoms with van der Waals surface area (Å²) in [7, 11) is 0. The van der Waals surface area contributed by atoms with Crippen molar-refractivity contribution in [3.05, 3.63) is 23.0 Å². The van der Waals surface area contributed by atoms with Crippen molar-refractivity contribution in [2.75, 3.05) is 13.2 Å². The van der Waals surface area contributed by atoms with Gasteiger partial charge in [-0.2, -0.15) is 0 Å². The van der Waals surface area contributed by atoms with Gasteiger partial charge in [0.1, 0.15) is 0 Å². The number of rotatable bonds is 1. The van der Waals surface area contributed by atoms with E-state index in [-0.39, 0.29) is 11.6 Å². The van der Waals surface area contributed by atoms with Crippen molar-refractivity contribution in [2.24, 2.45) is 0 Å². The molecule has 1 unspecified atom stereocenters. The smallest absolute Gasteiger partial charge is 0.0807 e. The van der Waals surface area contributed by atoms with E-state index in [1.54, 1.807) is 0 Å². The monoisotopic (exact) mass is 249 g/mol. The zero-order valence-corrected chi connectivity index (χ0v) is 11.4. The molecule has 1 aliphatic carbocycles. The van der Waals surface area contributed by atoms with Crippen LogP contribution in [0.2, 0.25) is 0 Å². The van der Waals surface area contributed by atoms with Gasteiger partial charge in [0, 0.05) is 35.7 Å². The van der Waals surface area contributed by atoms with Crippen LogP contribution >= 0.6 is 0 Å². The Kier molecular flexibility index (Phi) is 2.99. The highest BCUT2D eigenvalue weighted by Crippen LogP contribution is 2.39. The summed E-state index contributed by atoms with van der Waals surface area (Å²) in [6.45, 7) is 6.21. The summed E-state index contributed by atoms with van der Waals surface area (Å²) in [6.07, 6.45) is 5.02. The average molecular weight is 249 g/mol. The maximum absolute atomic E-state index is 10.1. The Balaban J connectivity index is 2.06. The molecule has 0 spiro atoms. The van der Waals surface area contributed by atoms with Crippen molar-refractivity contribution in [1.82, 2.24) is 4.57 Å². The lowest BCUT2D eigenvalue weighted by molar-refractivity contribution is 0.0271. The first-order valence-corrected chi connectivity index (χ1v) is 7.09. The molecule has 1 aromatic rings. The third-order valence-electron chi connectivity index (χ3n) is 4.68. The zero-order valence-electron chi connectivity index (χ0n) is 11.4. The number of hydrogen-bond donors (Lipinski definition) is 1. The Bertz CT molecular complexity index is 444. The minimum absolute atomic E-state index is 0.174. The van der Waals surface area contributed by atoms with Crippen molar-refractivity contribution in [2.45, 2.75) is 57.6 Å². The number of hydrogen-bond acceptors (Lipinski definition) is 2. The molecule has 0 aromatic carbocycles. The molecule has 1 atom stereocenters. The van der Waals surface area contributed by atoms with E-state index < -0.39 is 0 Å². The predicted octanol–water partition coefficient (Wildman–Crippen LogP) is 2.69. The minimum atomic E-state index is -0.253. The van der Waals surface area contributed by atoms with Crippen LogP contribution in [-0.2, 0) is 16.7 Å². The van der Waals surface area contributed by atoms with Crippen LogP contribution in [0.25, 0.3) is 0 Å². The SMILES string of the molecule is Cc1cc2c(n1C1(C)CCOCC1)CCCC2O. The molecule has 1 saturated heterocycles. The fraction of sp³-hybridized carbons (Fsp3) is 0.733. The van der Waals surface area contributed by atoms with E-state index in [4.69, 9.17) is 4.74 Å². The van der Waals surface area contributed by atoms with Crippen LogP contribution in [0, 0.1) is 6.92 Å². The predicted molar refractivity (Wildman–Crippen MR) is 70.8 cm³/mol. The first kappa shape index (κ1) is 12.2. The lowest BCUT2D eigenvalue weighted by Crippen LogP contribution is -2.38. The van der Waals surface area contributed by atoms with Crippen LogP contribution in [0.15, 0.2) is 6.07 Å². The number of nitrogens with zero attached hydrogens (tertiary/aromatic N) is 1. The maximum atomic E-state index is 10.1. The van der Waals surface area contributed by atoms with Gasteiger partial charge in [-0.1, -0.05) is 0 Å². The standard InChI is InChI=1S/C15H23NO2/c1-11-10-12-13(4-3-5-14(12)17)16(11)15(2)6-8-18-9-7-15/h10,14,17H,3-9H2,1-2H3. The van der Waals surface area contributed by atoms with E-state index in [0.29, 0.717) is 0 Å². The van der Waals surface area contributed by atoms with E-state index >= 15 is 0 Å². The third kappa shape index (κ3) is 1.81. The van der Waals surface area contributed by atoms with Crippen LogP contribution in [0.4, 0.5) is 0 Å². The summed E-state index contributed by atoms with van der Waals surface area (Å²) in [5, 5.41) is 10.1. The fourth-order valence-corrected chi connectivity index (χ4v) is 3.66. The summed E-state index contributed by atoms with van der Waals surface area (Å²) >= 11 is 0. The molecule has 1 aliphatic heterocycles. The molecule has 1 fully saturated rings. The molecule has 0 amide bonds. The number of aryl methyl sites for hydroxylation is 1. The highest BCUT2D eigenvalue weighted by atomic mass is 16.5. The van der Waals surface area contributed by atoms with E-state index in [2.05, 4.69) is 24.5 Å². The first-order valence-electron chi connectivity index (χ1n) is 7.09. The van der Waals surface area contributed by atoms with Crippen molar-refractivity contribution in [3.8, 4) is 0 Å². The molecule has 3 rings (SSSR count). The molecular weight excluding hydrogens is 226 g/mol. The zero-order chi connectivity index (χ0) is 12.8. The Labute approximate surface area is 109 Å². The molecule has 1 aromatic heterocycles. The van der Waals surface area contributed by atoms with Gasteiger partial charge in [0.05, 0.1) is 6.10 Å². The normalized spacial score (nSPS) is 26.9. The Morgan fingerprint density at radius 3 is 2.83 bits per heavy atom. The van der Waals surface area contributed by atoms with Crippen LogP contribution < -0.4 is 0 Å². The summed E-state index contributed by atoms with van der Waals surface area (Å²) < 4.78 is 8.00. The van der Waals surface area contributed by atoms with E-state index in [9.17, 15) is 5.11 Å². The number of aromatic nitrogens is 1. The van der Waals surface area contributed by atoms with Gasteiger partial charge >= 0.3 is 0 Å². The van der Waals surface area contributed by atoms with Crippen molar-refractivity contribution < 1.29 is 9.84 Å². The summed E-state index contributed by atoms with van der Waals surface area (Å²) in [5.41, 5.74) is 4.01. The van der Waals surface area contributed by atoms with E-state index in [1.807, 2.05) is 0 Å². The van der Waals surface area contributed by atoms with Gasteiger partial charge in [0.25, 0.3) is 0 Å². The molecule has 18 heavy (non-hydrogen) atoms. The average Bonchev–Trinajstić information content (AvgIpc) is 2.68. The van der Waals surface area contributed by atoms with E-state index in [1.165, 1.54) is 17.0 Å². The van der Waals surface area contributed by atoms with Gasteiger partial charge in [-0.3, -0.25) is 0 Å². The Hall–Kier alpha value is -0.800. The van der Waals surface area contributed by atoms with Crippen molar-refractivity contribution >= 4 is 0 Å². The molecule has 0 bridgehead atoms. The summed E-state index contributed by atoms with van der Waals surface area (Å²) in [6, 6.07) is 2.19. The van der Waals surface area contributed by atoms with Gasteiger partial charge in [-0.25, -0.2) is 0 Å². The van der Waals surface area contributed by atoms with Crippen molar-refractivity contribution in [3.63, 3.8) is 0 Å². The second-order valence-electron chi connectivity index (χ2n) is 6.04. The largest absolute Gasteiger partial charge is 0.388 e. The maximum Gasteiger partial charge on any atom is 0.0807 e. The second kappa shape index (κ2) is 4.39. The lowest BCUT2D eigenvalue weighted by Gasteiger charge is -2.39. The van der Waals surface area contributed by atoms with Gasteiger partial charge < -0.3 is 14.4 Å². The van der Waals surface area contributed by atoms with Gasteiger partial charge in [0.15, 0.2) is 0 Å². The topological polar surface area (TPSA) is 34.4 Å². The van der Waals surface area contributed by atoms with Crippen LogP contribution in [0.5, 0.6) is 0 Å². The Morgan fingerprint density at radius 2 is 2.11 bits per heavy atom. The molecule has 3 nitrogen and oxygen atoms in total. The first-order chi connectivity index (χ1) is 8.62. The van der Waals surface area contributed by atoms with Crippen LogP contribution in [0.1, 0.15) is 55.7 Å². The number of aliphatic hydroxyl groups is 1. The van der Waals surface area contributed by atoms with Gasteiger partial charge in [-0.15, -0.1) is 0 Å². The van der Waals surface area contributed by atoms with Gasteiger partial charge in [0.2, 0.25) is 0 Å². The molecule has 3 heteroatoms. The molecular formula is C15H23NO2. The summed E-state index contributed by atoms with van der Waals surface area (Å²) in [4.78, 5) is 0. The Morgan fingerprint density at radius 1 is 1.39 bits per heavy atom. The molecule has 1 N–H and O–H groups in total. The molecule has 2 aliphatic rings. The van der Waals surface area contributed by atoms with Crippen LogP contribution in [0.3, 0.4) is 0 Å². The van der Waals surface area contributed by atoms with Crippen LogP contribution in [-0.4, -0.2) is 22.9 Å². The second-order valence-corrected chi connectivity index (χ2v) is 6.04. The lowest BCUT2D eigenvalue weighted by atomic mass is 9.89. The molecule has 0 saturated carbocycles. The quantitative estimate of drug-likeness (QED) is 0.830. The summed E-state index contributed by atoms with van der Waals surface area (Å²) in [5.74, 6) is 0. The fourth-order valence-electron chi connectivity index (χ4n) is 3.66. The van der Waals surface area contributed by atoms with E-state index in [0.717, 1.165) is 45.3 Å². The number of ether oxygens (including phenoxy) is 1. The number of fused-ring (bicyclic) bond motifs is 1. The highest BCUT2D eigenvalue weighted by Gasteiger charge is 2.34. The number of aliphatic hydroxyl groups excluding tert-OH is 1. The van der Waals surface area contributed by atoms with Crippen molar-refractivity contribution in [1.29, 1.82) is 0 Å². The third-order valence-corrected chi connectivity index (χ3v) is 4.68. The minimum Gasteiger partial charge on any atom is -0.388 e. The molecule has 0 radical (unpaired) electrons.